The van der Waals surface area contributed by atoms with Crippen molar-refractivity contribution in [2.24, 2.45) is 12.2 Å². The van der Waals surface area contributed by atoms with Crippen LogP contribution in [0.1, 0.15) is 19.2 Å². The lowest BCUT2D eigenvalue weighted by molar-refractivity contribution is -0.671. The Labute approximate surface area is 96.6 Å². The van der Waals surface area contributed by atoms with Crippen molar-refractivity contribution in [3.63, 3.8) is 0 Å². The first-order chi connectivity index (χ1) is 7.60. The summed E-state index contributed by atoms with van der Waals surface area (Å²) in [4.78, 5) is 2.21. The molecule has 0 aliphatic carbocycles. The summed E-state index contributed by atoms with van der Waals surface area (Å²) in [7, 11) is 6.10. The maximum absolute atomic E-state index is 8.62. The molecule has 5 heteroatoms. The van der Waals surface area contributed by atoms with Gasteiger partial charge in [0.05, 0.1) is 7.05 Å². The van der Waals surface area contributed by atoms with Gasteiger partial charge in [0.1, 0.15) is 18.9 Å². The third-order valence-corrected chi connectivity index (χ3v) is 2.91. The van der Waals surface area contributed by atoms with E-state index in [-0.39, 0.29) is 0 Å². The van der Waals surface area contributed by atoms with E-state index in [9.17, 15) is 0 Å². The Hall–Kier alpha value is -1.36. The zero-order chi connectivity index (χ0) is 12.1. The number of likely N-dealkylation sites (N-methyl/N-ethyl adjacent to an activating group) is 1. The second kappa shape index (κ2) is 5.65. The normalized spacial score (nSPS) is 13.8. The molecule has 0 spiro atoms. The van der Waals surface area contributed by atoms with Crippen molar-refractivity contribution in [3.8, 4) is 0 Å². The van der Waals surface area contributed by atoms with Gasteiger partial charge in [-0.1, -0.05) is 12.1 Å². The molecular formula is C11H21N4O+. The van der Waals surface area contributed by atoms with Crippen molar-refractivity contribution in [1.29, 1.82) is 0 Å². The summed E-state index contributed by atoms with van der Waals surface area (Å²) in [6, 6.07) is 0.484. The Bertz CT molecular complexity index is 357. The summed E-state index contributed by atoms with van der Waals surface area (Å²) in [6.07, 6.45) is 6.51. The monoisotopic (exact) mass is 225 g/mol. The van der Waals surface area contributed by atoms with Crippen LogP contribution in [0.5, 0.6) is 0 Å². The third kappa shape index (κ3) is 2.82. The number of hydrogen-bond acceptors (Lipinski definition) is 3. The fraction of sp³-hybridized carbons (Fsp3) is 0.636. The van der Waals surface area contributed by atoms with Crippen molar-refractivity contribution in [2.45, 2.75) is 25.9 Å². The van der Waals surface area contributed by atoms with Crippen molar-refractivity contribution < 1.29 is 9.77 Å². The Morgan fingerprint density at radius 3 is 2.81 bits per heavy atom. The highest BCUT2D eigenvalue weighted by atomic mass is 16.4. The highest BCUT2D eigenvalue weighted by Crippen LogP contribution is 2.04. The first-order valence-corrected chi connectivity index (χ1v) is 5.48. The smallest absolute Gasteiger partial charge is 0.303 e. The fourth-order valence-electron chi connectivity index (χ4n) is 1.79. The lowest BCUT2D eigenvalue weighted by atomic mass is 10.2. The van der Waals surface area contributed by atoms with Crippen LogP contribution in [0.2, 0.25) is 0 Å². The summed E-state index contributed by atoms with van der Waals surface area (Å²) in [5, 5.41) is 11.7. The van der Waals surface area contributed by atoms with E-state index in [0.717, 1.165) is 18.8 Å². The zero-order valence-corrected chi connectivity index (χ0v) is 10.5. The number of oxime groups is 1. The summed E-state index contributed by atoms with van der Waals surface area (Å²) < 4.78 is 4.02. The highest BCUT2D eigenvalue weighted by Gasteiger charge is 2.18. The minimum Gasteiger partial charge on any atom is -0.411 e. The molecule has 0 amide bonds. The molecule has 1 aromatic rings. The first-order valence-electron chi connectivity index (χ1n) is 5.48. The molecule has 1 N–H and O–H groups in total. The maximum atomic E-state index is 8.62. The molecule has 1 aromatic heterocycles. The Kier molecular flexibility index (Phi) is 4.49. The van der Waals surface area contributed by atoms with Gasteiger partial charge in [0.25, 0.3) is 0 Å². The molecule has 1 unspecified atom stereocenters. The molecule has 0 radical (unpaired) electrons. The minimum absolute atomic E-state index is 0.484. The Morgan fingerprint density at radius 1 is 1.62 bits per heavy atom. The van der Waals surface area contributed by atoms with Gasteiger partial charge in [0.15, 0.2) is 6.21 Å². The van der Waals surface area contributed by atoms with Crippen molar-refractivity contribution in [3.05, 3.63) is 18.2 Å². The van der Waals surface area contributed by atoms with E-state index in [4.69, 9.17) is 5.21 Å². The quantitative estimate of drug-likeness (QED) is 0.342. The van der Waals surface area contributed by atoms with E-state index in [1.165, 1.54) is 6.21 Å². The van der Waals surface area contributed by atoms with Crippen LogP contribution in [0.3, 0.4) is 0 Å². The molecule has 0 aliphatic rings. The van der Waals surface area contributed by atoms with Gasteiger partial charge >= 0.3 is 5.82 Å². The molecule has 1 atom stereocenters. The fourth-order valence-corrected chi connectivity index (χ4v) is 1.79. The Morgan fingerprint density at radius 2 is 2.31 bits per heavy atom. The van der Waals surface area contributed by atoms with Crippen molar-refractivity contribution in [2.75, 3.05) is 14.1 Å². The van der Waals surface area contributed by atoms with E-state index in [0.29, 0.717) is 6.04 Å². The average Bonchev–Trinajstić information content (AvgIpc) is 2.57. The standard InChI is InChI=1S/C11H20N4O/c1-5-10(13(2)3)9-15-7-6-14(4)11(15)8-12-16/h6-8,10H,5,9H2,1-4H3/p+1. The van der Waals surface area contributed by atoms with Crippen molar-refractivity contribution in [1.82, 2.24) is 9.47 Å². The molecule has 90 valence electrons. The van der Waals surface area contributed by atoms with Crippen LogP contribution in [0, 0.1) is 0 Å². The van der Waals surface area contributed by atoms with Crippen LogP contribution in [0.4, 0.5) is 0 Å². The summed E-state index contributed by atoms with van der Waals surface area (Å²) in [6.45, 7) is 3.07. The van der Waals surface area contributed by atoms with E-state index in [2.05, 4.69) is 35.6 Å². The molecule has 0 saturated heterocycles. The van der Waals surface area contributed by atoms with Crippen LogP contribution in [0.15, 0.2) is 17.5 Å². The highest BCUT2D eigenvalue weighted by molar-refractivity contribution is 5.72. The lowest BCUT2D eigenvalue weighted by Crippen LogP contribution is -2.36. The van der Waals surface area contributed by atoms with Crippen LogP contribution in [-0.4, -0.2) is 41.0 Å². The maximum Gasteiger partial charge on any atom is 0.303 e. The SMILES string of the molecule is CCC(Cn1cc[n+](C)c1/C=N/O)N(C)C. The molecule has 0 bridgehead atoms. The summed E-state index contributed by atoms with van der Waals surface area (Å²) >= 11 is 0. The topological polar surface area (TPSA) is 44.6 Å². The number of rotatable bonds is 5. The van der Waals surface area contributed by atoms with Crippen LogP contribution < -0.4 is 4.57 Å². The van der Waals surface area contributed by atoms with Gasteiger partial charge < -0.3 is 10.1 Å². The van der Waals surface area contributed by atoms with Gasteiger partial charge in [-0.3, -0.25) is 0 Å². The zero-order valence-electron chi connectivity index (χ0n) is 10.5. The summed E-state index contributed by atoms with van der Waals surface area (Å²) in [5.74, 6) is 0.891. The molecule has 0 aromatic carbocycles. The van der Waals surface area contributed by atoms with Crippen molar-refractivity contribution >= 4 is 6.21 Å². The number of imidazole rings is 1. The average molecular weight is 225 g/mol. The predicted molar refractivity (Wildman–Crippen MR) is 62.8 cm³/mol. The minimum atomic E-state index is 0.484. The molecule has 0 aliphatic heterocycles. The molecular weight excluding hydrogens is 204 g/mol. The lowest BCUT2D eigenvalue weighted by Gasteiger charge is -2.20. The van der Waals surface area contributed by atoms with Crippen LogP contribution >= 0.6 is 0 Å². The Balaban J connectivity index is 2.87. The number of aromatic nitrogens is 2. The van der Waals surface area contributed by atoms with Gasteiger partial charge in [-0.2, -0.15) is 0 Å². The van der Waals surface area contributed by atoms with Crippen LogP contribution in [0.25, 0.3) is 0 Å². The molecule has 1 rings (SSSR count). The van der Waals surface area contributed by atoms with Gasteiger partial charge in [-0.25, -0.2) is 9.13 Å². The number of nitrogens with zero attached hydrogens (tertiary/aromatic N) is 4. The van der Waals surface area contributed by atoms with Crippen LogP contribution in [-0.2, 0) is 13.6 Å². The van der Waals surface area contributed by atoms with Gasteiger partial charge in [0.2, 0.25) is 0 Å². The number of aryl methyl sites for hydroxylation is 1. The number of hydrogen-bond donors (Lipinski definition) is 1. The second-order valence-electron chi connectivity index (χ2n) is 4.19. The molecule has 16 heavy (non-hydrogen) atoms. The van der Waals surface area contributed by atoms with E-state index < -0.39 is 0 Å². The molecule has 5 nitrogen and oxygen atoms in total. The van der Waals surface area contributed by atoms with E-state index in [1.54, 1.807) is 0 Å². The van der Waals surface area contributed by atoms with Gasteiger partial charge in [-0.05, 0) is 20.5 Å². The molecule has 1 heterocycles. The molecule has 0 saturated carbocycles. The van der Waals surface area contributed by atoms with E-state index >= 15 is 0 Å². The first kappa shape index (κ1) is 12.7. The predicted octanol–water partition coefficient (Wildman–Crippen LogP) is 0.461. The van der Waals surface area contributed by atoms with E-state index in [1.807, 2.05) is 24.0 Å². The summed E-state index contributed by atoms with van der Waals surface area (Å²) in [5.41, 5.74) is 0. The van der Waals surface area contributed by atoms with Gasteiger partial charge in [0, 0.05) is 6.04 Å². The second-order valence-corrected chi connectivity index (χ2v) is 4.19. The molecule has 0 fully saturated rings. The van der Waals surface area contributed by atoms with Gasteiger partial charge in [-0.15, -0.1) is 0 Å². The third-order valence-electron chi connectivity index (χ3n) is 2.91. The largest absolute Gasteiger partial charge is 0.411 e.